The summed E-state index contributed by atoms with van der Waals surface area (Å²) in [6, 6.07) is 24.1. The van der Waals surface area contributed by atoms with Crippen LogP contribution in [0.5, 0.6) is 11.5 Å². The maximum atomic E-state index is 13.5. The summed E-state index contributed by atoms with van der Waals surface area (Å²) in [4.78, 5) is 28.3. The molecule has 174 valence electrons. The Morgan fingerprint density at radius 2 is 1.50 bits per heavy atom. The van der Waals surface area contributed by atoms with E-state index in [1.165, 1.54) is 4.90 Å². The van der Waals surface area contributed by atoms with E-state index in [9.17, 15) is 9.59 Å². The molecule has 1 aliphatic heterocycles. The van der Waals surface area contributed by atoms with Crippen LogP contribution in [0, 0.1) is 0 Å². The number of amides is 2. The Kier molecular flexibility index (Phi) is 7.28. The highest BCUT2D eigenvalue weighted by atomic mass is 16.5. The molecule has 4 rings (SSSR count). The first-order valence-corrected chi connectivity index (χ1v) is 11.5. The molecular formula is C28H28N2O4. The van der Waals surface area contributed by atoms with Crippen molar-refractivity contribution < 1.29 is 19.1 Å². The van der Waals surface area contributed by atoms with E-state index in [2.05, 4.69) is 5.32 Å². The largest absolute Gasteiger partial charge is 0.494 e. The number of hydrogen-bond acceptors (Lipinski definition) is 5. The van der Waals surface area contributed by atoms with Crippen molar-refractivity contribution in [2.24, 2.45) is 0 Å². The van der Waals surface area contributed by atoms with Gasteiger partial charge in [-0.05, 0) is 48.7 Å². The number of para-hydroxylation sites is 2. The highest BCUT2D eigenvalue weighted by Gasteiger charge is 2.39. The monoisotopic (exact) mass is 456 g/mol. The second kappa shape index (κ2) is 10.7. The van der Waals surface area contributed by atoms with Gasteiger partial charge in [-0.15, -0.1) is 0 Å². The topological polar surface area (TPSA) is 67.9 Å². The van der Waals surface area contributed by atoms with E-state index in [0.29, 0.717) is 35.8 Å². The van der Waals surface area contributed by atoms with E-state index < -0.39 is 0 Å². The lowest BCUT2D eigenvalue weighted by molar-refractivity contribution is -0.137. The molecule has 6 heteroatoms. The van der Waals surface area contributed by atoms with Crippen molar-refractivity contribution in [2.75, 3.05) is 18.5 Å². The standard InChI is InChI=1S/C28H28N2O4/c1-3-18-34-22-16-14-21(15-17-22)25-26(29-23-12-8-9-13-24(23)33-4-2)28(32)30(27(25)31)19-20-10-6-5-7-11-20/h5-17,29H,3-4,18-19H2,1-2H3. The van der Waals surface area contributed by atoms with Crippen LogP contribution in [0.2, 0.25) is 0 Å². The number of rotatable bonds is 10. The lowest BCUT2D eigenvalue weighted by atomic mass is 10.0. The van der Waals surface area contributed by atoms with E-state index >= 15 is 0 Å². The summed E-state index contributed by atoms with van der Waals surface area (Å²) in [5, 5.41) is 3.20. The highest BCUT2D eigenvalue weighted by molar-refractivity contribution is 6.36. The van der Waals surface area contributed by atoms with Crippen molar-refractivity contribution >= 4 is 23.1 Å². The zero-order chi connectivity index (χ0) is 23.9. The van der Waals surface area contributed by atoms with Gasteiger partial charge in [-0.3, -0.25) is 14.5 Å². The smallest absolute Gasteiger partial charge is 0.278 e. The van der Waals surface area contributed by atoms with Gasteiger partial charge < -0.3 is 14.8 Å². The summed E-state index contributed by atoms with van der Waals surface area (Å²) in [5.74, 6) is 0.621. The predicted molar refractivity (Wildman–Crippen MR) is 132 cm³/mol. The molecule has 1 N–H and O–H groups in total. The molecule has 0 fully saturated rings. The van der Waals surface area contributed by atoms with Gasteiger partial charge in [0.1, 0.15) is 17.2 Å². The molecule has 0 atom stereocenters. The summed E-state index contributed by atoms with van der Waals surface area (Å²) in [6.45, 7) is 5.23. The quantitative estimate of drug-likeness (QED) is 0.421. The molecule has 0 unspecified atom stereocenters. The number of carbonyl (C=O) groups is 2. The lowest BCUT2D eigenvalue weighted by Gasteiger charge is -2.16. The second-order valence-electron chi connectivity index (χ2n) is 7.86. The third kappa shape index (κ3) is 4.96. The molecule has 1 aliphatic rings. The van der Waals surface area contributed by atoms with E-state index in [1.807, 2.05) is 92.7 Å². The van der Waals surface area contributed by atoms with Crippen LogP contribution in [0.1, 0.15) is 31.4 Å². The van der Waals surface area contributed by atoms with Crippen LogP contribution < -0.4 is 14.8 Å². The van der Waals surface area contributed by atoms with Crippen molar-refractivity contribution in [3.63, 3.8) is 0 Å². The van der Waals surface area contributed by atoms with Crippen molar-refractivity contribution in [1.29, 1.82) is 0 Å². The number of ether oxygens (including phenoxy) is 2. The fourth-order valence-corrected chi connectivity index (χ4v) is 3.79. The van der Waals surface area contributed by atoms with E-state index in [4.69, 9.17) is 9.47 Å². The maximum Gasteiger partial charge on any atom is 0.278 e. The maximum absolute atomic E-state index is 13.5. The van der Waals surface area contributed by atoms with Gasteiger partial charge in [0, 0.05) is 0 Å². The van der Waals surface area contributed by atoms with E-state index in [1.54, 1.807) is 0 Å². The second-order valence-corrected chi connectivity index (χ2v) is 7.86. The fourth-order valence-electron chi connectivity index (χ4n) is 3.79. The van der Waals surface area contributed by atoms with Gasteiger partial charge in [0.25, 0.3) is 11.8 Å². The van der Waals surface area contributed by atoms with Gasteiger partial charge in [-0.1, -0.05) is 61.5 Å². The Morgan fingerprint density at radius 3 is 2.21 bits per heavy atom. The number of carbonyl (C=O) groups excluding carboxylic acids is 2. The molecule has 1 heterocycles. The first kappa shape index (κ1) is 23.1. The van der Waals surface area contributed by atoms with Crippen LogP contribution in [0.25, 0.3) is 5.57 Å². The van der Waals surface area contributed by atoms with Crippen molar-refractivity contribution in [1.82, 2.24) is 4.90 Å². The molecule has 3 aromatic rings. The Labute approximate surface area is 199 Å². The summed E-state index contributed by atoms with van der Waals surface area (Å²) < 4.78 is 11.4. The molecule has 34 heavy (non-hydrogen) atoms. The summed E-state index contributed by atoms with van der Waals surface area (Å²) in [6.07, 6.45) is 0.904. The molecule has 6 nitrogen and oxygen atoms in total. The zero-order valence-corrected chi connectivity index (χ0v) is 19.4. The Hall–Kier alpha value is -4.06. The Morgan fingerprint density at radius 1 is 0.794 bits per heavy atom. The number of nitrogens with one attached hydrogen (secondary N) is 1. The molecule has 3 aromatic carbocycles. The number of anilines is 1. The number of nitrogens with zero attached hydrogens (tertiary/aromatic N) is 1. The van der Waals surface area contributed by atoms with Gasteiger partial charge in [-0.25, -0.2) is 0 Å². The average Bonchev–Trinajstić information content (AvgIpc) is 3.09. The minimum atomic E-state index is -0.374. The minimum Gasteiger partial charge on any atom is -0.494 e. The highest BCUT2D eigenvalue weighted by Crippen LogP contribution is 2.34. The number of benzene rings is 3. The molecule has 0 saturated carbocycles. The van der Waals surface area contributed by atoms with E-state index in [-0.39, 0.29) is 24.1 Å². The van der Waals surface area contributed by atoms with Crippen LogP contribution in [0.3, 0.4) is 0 Å². The van der Waals surface area contributed by atoms with Crippen molar-refractivity contribution in [3.8, 4) is 11.5 Å². The fraction of sp³-hybridized carbons (Fsp3) is 0.214. The molecular weight excluding hydrogens is 428 g/mol. The van der Waals surface area contributed by atoms with Gasteiger partial charge in [-0.2, -0.15) is 0 Å². The van der Waals surface area contributed by atoms with Gasteiger partial charge >= 0.3 is 0 Å². The summed E-state index contributed by atoms with van der Waals surface area (Å²) in [5.41, 5.74) is 2.71. The molecule has 0 aliphatic carbocycles. The summed E-state index contributed by atoms with van der Waals surface area (Å²) >= 11 is 0. The van der Waals surface area contributed by atoms with Crippen LogP contribution in [0.4, 0.5) is 5.69 Å². The van der Waals surface area contributed by atoms with E-state index in [0.717, 1.165) is 17.7 Å². The predicted octanol–water partition coefficient (Wildman–Crippen LogP) is 5.27. The summed E-state index contributed by atoms with van der Waals surface area (Å²) in [7, 11) is 0. The molecule has 2 amide bonds. The molecule has 0 spiro atoms. The van der Waals surface area contributed by atoms with Crippen LogP contribution >= 0.6 is 0 Å². The number of imide groups is 1. The third-order valence-corrected chi connectivity index (χ3v) is 5.41. The lowest BCUT2D eigenvalue weighted by Crippen LogP contribution is -2.32. The SMILES string of the molecule is CCCOc1ccc(C2=C(Nc3ccccc3OCC)C(=O)N(Cc3ccccc3)C2=O)cc1. The first-order chi connectivity index (χ1) is 16.6. The first-order valence-electron chi connectivity index (χ1n) is 11.5. The minimum absolute atomic E-state index is 0.192. The van der Waals surface area contributed by atoms with Gasteiger partial charge in [0.15, 0.2) is 0 Å². The molecule has 0 saturated heterocycles. The average molecular weight is 457 g/mol. The van der Waals surface area contributed by atoms with Crippen LogP contribution in [-0.2, 0) is 16.1 Å². The van der Waals surface area contributed by atoms with Gasteiger partial charge in [0.2, 0.25) is 0 Å². The normalized spacial score (nSPS) is 13.4. The zero-order valence-electron chi connectivity index (χ0n) is 19.4. The third-order valence-electron chi connectivity index (χ3n) is 5.41. The van der Waals surface area contributed by atoms with Crippen LogP contribution in [-0.4, -0.2) is 29.9 Å². The van der Waals surface area contributed by atoms with Crippen LogP contribution in [0.15, 0.2) is 84.6 Å². The molecule has 0 bridgehead atoms. The number of hydrogen-bond donors (Lipinski definition) is 1. The Bertz CT molecular complexity index is 1190. The van der Waals surface area contributed by atoms with Gasteiger partial charge in [0.05, 0.1) is 31.0 Å². The molecule has 0 aromatic heterocycles. The van der Waals surface area contributed by atoms with Crippen molar-refractivity contribution in [2.45, 2.75) is 26.8 Å². The van der Waals surface area contributed by atoms with Crippen molar-refractivity contribution in [3.05, 3.63) is 95.7 Å². The molecule has 0 radical (unpaired) electrons. The Balaban J connectivity index is 1.72.